The van der Waals surface area contributed by atoms with Crippen molar-refractivity contribution >= 4 is 5.97 Å². The van der Waals surface area contributed by atoms with Crippen LogP contribution in [0.15, 0.2) is 0 Å². The van der Waals surface area contributed by atoms with E-state index in [1.807, 2.05) is 0 Å². The van der Waals surface area contributed by atoms with E-state index in [1.165, 1.54) is 83.5 Å². The van der Waals surface area contributed by atoms with Crippen LogP contribution in [0.2, 0.25) is 0 Å². The third-order valence-corrected chi connectivity index (χ3v) is 5.22. The van der Waals surface area contributed by atoms with Gasteiger partial charge in [0.2, 0.25) is 0 Å². The summed E-state index contributed by atoms with van der Waals surface area (Å²) in [6.07, 6.45) is 17.1. The van der Waals surface area contributed by atoms with E-state index >= 15 is 0 Å². The molecule has 0 radical (unpaired) electrons. The summed E-state index contributed by atoms with van der Waals surface area (Å²) in [5, 5.41) is 11.0. The molecule has 0 atom stereocenters. The highest BCUT2D eigenvalue weighted by atomic mass is 16.4. The van der Waals surface area contributed by atoms with Crippen molar-refractivity contribution in [2.45, 2.75) is 90.4 Å². The Morgan fingerprint density at radius 2 is 1.32 bits per heavy atom. The summed E-state index contributed by atoms with van der Waals surface area (Å²) in [6, 6.07) is 0. The third-order valence-electron chi connectivity index (χ3n) is 5.22. The van der Waals surface area contributed by atoms with E-state index in [0.29, 0.717) is 0 Å². The Morgan fingerprint density at radius 1 is 0.818 bits per heavy atom. The van der Waals surface area contributed by atoms with Crippen LogP contribution in [-0.2, 0) is 4.79 Å². The van der Waals surface area contributed by atoms with Crippen LogP contribution in [-0.4, -0.2) is 36.6 Å². The number of carboxylic acids is 1. The average Bonchev–Trinajstić information content (AvgIpc) is 2.49. The molecule has 0 amide bonds. The van der Waals surface area contributed by atoms with Crippen molar-refractivity contribution in [2.24, 2.45) is 0 Å². The number of carbonyl (C=O) groups excluding carboxylic acids is 1. The van der Waals surface area contributed by atoms with Gasteiger partial charge in [0.05, 0.1) is 25.6 Å². The van der Waals surface area contributed by atoms with Gasteiger partial charge >= 0.3 is 0 Å². The van der Waals surface area contributed by atoms with Crippen molar-refractivity contribution in [3.05, 3.63) is 0 Å². The molecule has 0 unspecified atom stereocenters. The molecular weight excluding hydrogens is 274 g/mol. The molecule has 1 fully saturated rings. The van der Waals surface area contributed by atoms with Crippen LogP contribution in [0.25, 0.3) is 0 Å². The molecule has 3 nitrogen and oxygen atoms in total. The molecule has 3 heteroatoms. The van der Waals surface area contributed by atoms with Crippen LogP contribution >= 0.6 is 0 Å². The SMILES string of the molecule is CCCCCCCCCCCC[N+]1(CC(=O)[O-])CCCCC1. The van der Waals surface area contributed by atoms with Gasteiger partial charge in [0, 0.05) is 0 Å². The first-order chi connectivity index (χ1) is 10.7. The fourth-order valence-electron chi connectivity index (χ4n) is 3.85. The standard InChI is InChI=1S/C19H37NO2/c1-2-3-4-5-6-7-8-9-10-12-15-20(18-19(21)22)16-13-11-14-17-20/h2-18H2,1H3. The monoisotopic (exact) mass is 311 g/mol. The summed E-state index contributed by atoms with van der Waals surface area (Å²) < 4.78 is 0.791. The second-order valence-electron chi connectivity index (χ2n) is 7.29. The predicted molar refractivity (Wildman–Crippen MR) is 90.4 cm³/mol. The maximum absolute atomic E-state index is 11.0. The second-order valence-corrected chi connectivity index (χ2v) is 7.29. The minimum absolute atomic E-state index is 0.234. The molecule has 22 heavy (non-hydrogen) atoms. The number of hydrogen-bond donors (Lipinski definition) is 0. The van der Waals surface area contributed by atoms with Gasteiger partial charge in [-0.3, -0.25) is 0 Å². The Bertz CT molecular complexity index is 285. The first-order valence-corrected chi connectivity index (χ1v) is 9.73. The number of nitrogens with zero attached hydrogens (tertiary/aromatic N) is 1. The van der Waals surface area contributed by atoms with Gasteiger partial charge in [-0.2, -0.15) is 0 Å². The first-order valence-electron chi connectivity index (χ1n) is 9.73. The summed E-state index contributed by atoms with van der Waals surface area (Å²) in [6.45, 7) is 5.64. The molecule has 0 aromatic heterocycles. The molecular formula is C19H37NO2. The zero-order valence-electron chi connectivity index (χ0n) is 14.8. The highest BCUT2D eigenvalue weighted by molar-refractivity contribution is 5.65. The minimum atomic E-state index is -0.867. The second kappa shape index (κ2) is 11.9. The molecule has 0 aromatic carbocycles. The quantitative estimate of drug-likeness (QED) is 0.385. The van der Waals surface area contributed by atoms with E-state index in [4.69, 9.17) is 0 Å². The normalized spacial score (nSPS) is 17.5. The van der Waals surface area contributed by atoms with Crippen LogP contribution in [0.4, 0.5) is 0 Å². The number of carbonyl (C=O) groups is 1. The highest BCUT2D eigenvalue weighted by Gasteiger charge is 2.29. The molecule has 0 aromatic rings. The van der Waals surface area contributed by atoms with Gasteiger partial charge in [-0.05, 0) is 32.1 Å². The number of aliphatic carboxylic acids is 1. The molecule has 1 rings (SSSR count). The van der Waals surface area contributed by atoms with Crippen molar-refractivity contribution in [3.8, 4) is 0 Å². The molecule has 1 aliphatic rings. The molecule has 1 aliphatic heterocycles. The van der Waals surface area contributed by atoms with Gasteiger partial charge in [-0.1, -0.05) is 58.3 Å². The van der Waals surface area contributed by atoms with Gasteiger partial charge in [0.1, 0.15) is 6.54 Å². The zero-order valence-corrected chi connectivity index (χ0v) is 14.8. The fourth-order valence-corrected chi connectivity index (χ4v) is 3.85. The predicted octanol–water partition coefficient (Wildman–Crippen LogP) is 3.66. The highest BCUT2D eigenvalue weighted by Crippen LogP contribution is 2.20. The smallest absolute Gasteiger partial charge is 0.119 e. The van der Waals surface area contributed by atoms with Crippen molar-refractivity contribution < 1.29 is 14.4 Å². The van der Waals surface area contributed by atoms with Gasteiger partial charge < -0.3 is 14.4 Å². The van der Waals surface area contributed by atoms with E-state index in [1.54, 1.807) is 0 Å². The fraction of sp³-hybridized carbons (Fsp3) is 0.947. The van der Waals surface area contributed by atoms with Crippen LogP contribution in [0.5, 0.6) is 0 Å². The average molecular weight is 312 g/mol. The molecule has 0 saturated carbocycles. The number of quaternary nitrogens is 1. The van der Waals surface area contributed by atoms with Crippen LogP contribution in [0, 0.1) is 0 Å². The van der Waals surface area contributed by atoms with Crippen molar-refractivity contribution in [1.82, 2.24) is 0 Å². The third kappa shape index (κ3) is 8.77. The van der Waals surface area contributed by atoms with Crippen molar-refractivity contribution in [1.29, 1.82) is 0 Å². The molecule has 1 saturated heterocycles. The maximum atomic E-state index is 11.0. The van der Waals surface area contributed by atoms with Gasteiger partial charge in [-0.15, -0.1) is 0 Å². The Balaban J connectivity index is 2.04. The lowest BCUT2D eigenvalue weighted by Crippen LogP contribution is -2.57. The molecule has 0 bridgehead atoms. The number of likely N-dealkylation sites (tertiary alicyclic amines) is 1. The van der Waals surface area contributed by atoms with Crippen molar-refractivity contribution in [2.75, 3.05) is 26.2 Å². The largest absolute Gasteiger partial charge is 0.544 e. The van der Waals surface area contributed by atoms with Crippen LogP contribution < -0.4 is 5.11 Å². The van der Waals surface area contributed by atoms with Gasteiger partial charge in [0.15, 0.2) is 0 Å². The van der Waals surface area contributed by atoms with E-state index in [-0.39, 0.29) is 6.54 Å². The number of rotatable bonds is 13. The Kier molecular flexibility index (Phi) is 10.6. The Labute approximate surface area is 137 Å². The molecule has 1 heterocycles. The molecule has 130 valence electrons. The minimum Gasteiger partial charge on any atom is -0.544 e. The Morgan fingerprint density at radius 3 is 1.82 bits per heavy atom. The maximum Gasteiger partial charge on any atom is 0.119 e. The first kappa shape index (κ1) is 19.5. The van der Waals surface area contributed by atoms with Crippen LogP contribution in [0.3, 0.4) is 0 Å². The van der Waals surface area contributed by atoms with Crippen LogP contribution in [0.1, 0.15) is 90.4 Å². The van der Waals surface area contributed by atoms with E-state index < -0.39 is 5.97 Å². The lowest BCUT2D eigenvalue weighted by Gasteiger charge is -2.42. The van der Waals surface area contributed by atoms with E-state index in [9.17, 15) is 9.90 Å². The Hall–Kier alpha value is -0.570. The zero-order chi connectivity index (χ0) is 16.1. The molecule has 0 N–H and O–H groups in total. The lowest BCUT2D eigenvalue weighted by atomic mass is 10.0. The lowest BCUT2D eigenvalue weighted by molar-refractivity contribution is -0.927. The van der Waals surface area contributed by atoms with Gasteiger partial charge in [-0.25, -0.2) is 0 Å². The number of piperidine rings is 1. The van der Waals surface area contributed by atoms with E-state index in [0.717, 1.165) is 24.1 Å². The summed E-state index contributed by atoms with van der Waals surface area (Å²) >= 11 is 0. The van der Waals surface area contributed by atoms with E-state index in [2.05, 4.69) is 6.92 Å². The summed E-state index contributed by atoms with van der Waals surface area (Å²) in [5.74, 6) is -0.867. The molecule has 0 spiro atoms. The summed E-state index contributed by atoms with van der Waals surface area (Å²) in [7, 11) is 0. The van der Waals surface area contributed by atoms with Gasteiger partial charge in [0.25, 0.3) is 0 Å². The topological polar surface area (TPSA) is 40.1 Å². The number of unbranched alkanes of at least 4 members (excludes halogenated alkanes) is 9. The molecule has 0 aliphatic carbocycles. The number of hydrogen-bond acceptors (Lipinski definition) is 2. The summed E-state index contributed by atoms with van der Waals surface area (Å²) in [5.41, 5.74) is 0. The summed E-state index contributed by atoms with van der Waals surface area (Å²) in [4.78, 5) is 11.0. The van der Waals surface area contributed by atoms with Crippen molar-refractivity contribution in [3.63, 3.8) is 0 Å². The number of carboxylic acid groups (broad SMARTS) is 1.